The van der Waals surface area contributed by atoms with Crippen LogP contribution in [0.4, 0.5) is 0 Å². The zero-order valence-electron chi connectivity index (χ0n) is 8.02. The molecule has 0 N–H and O–H groups in total. The van der Waals surface area contributed by atoms with Gasteiger partial charge >= 0.3 is 0 Å². The van der Waals surface area contributed by atoms with Gasteiger partial charge in [0.15, 0.2) is 6.29 Å². The first-order valence-corrected chi connectivity index (χ1v) is 5.08. The van der Waals surface area contributed by atoms with Crippen LogP contribution in [0.5, 0.6) is 0 Å². The van der Waals surface area contributed by atoms with Gasteiger partial charge in [-0.05, 0) is 25.1 Å². The molecule has 0 saturated heterocycles. The fourth-order valence-electron chi connectivity index (χ4n) is 1.23. The van der Waals surface area contributed by atoms with Crippen molar-refractivity contribution in [2.75, 3.05) is 0 Å². The van der Waals surface area contributed by atoms with Gasteiger partial charge in [-0.1, -0.05) is 0 Å². The average Bonchev–Trinajstić information content (AvgIpc) is 2.74. The van der Waals surface area contributed by atoms with Gasteiger partial charge in [0.25, 0.3) is 0 Å². The predicted molar refractivity (Wildman–Crippen MR) is 56.6 cm³/mol. The lowest BCUT2D eigenvalue weighted by Crippen LogP contribution is -1.91. The molecule has 0 aliphatic carbocycles. The van der Waals surface area contributed by atoms with Crippen LogP contribution in [0.3, 0.4) is 0 Å². The number of nitrogens with zero attached hydrogens (tertiary/aromatic N) is 2. The Bertz CT molecular complexity index is 451. The van der Waals surface area contributed by atoms with Crippen molar-refractivity contribution >= 4 is 17.6 Å². The van der Waals surface area contributed by atoms with Crippen LogP contribution in [0.2, 0.25) is 0 Å². The number of carbonyl (C=O) groups excluding carboxylic acids is 1. The number of carbonyl (C=O) groups is 1. The molecule has 3 nitrogen and oxygen atoms in total. The third-order valence-corrected chi connectivity index (χ3v) is 3.14. The van der Waals surface area contributed by atoms with E-state index < -0.39 is 0 Å². The van der Waals surface area contributed by atoms with E-state index in [0.29, 0.717) is 0 Å². The fourth-order valence-corrected chi connectivity index (χ4v) is 2.01. The van der Waals surface area contributed by atoms with Crippen molar-refractivity contribution in [2.45, 2.75) is 6.92 Å². The van der Waals surface area contributed by atoms with Crippen LogP contribution in [-0.2, 0) is 7.05 Å². The van der Waals surface area contributed by atoms with E-state index >= 15 is 0 Å². The minimum Gasteiger partial charge on any atom is -0.297 e. The van der Waals surface area contributed by atoms with Crippen LogP contribution in [0.25, 0.3) is 10.6 Å². The summed E-state index contributed by atoms with van der Waals surface area (Å²) in [4.78, 5) is 12.3. The highest BCUT2D eigenvalue weighted by Crippen LogP contribution is 2.26. The fraction of sp³-hybridized carbons (Fsp3) is 0.200. The summed E-state index contributed by atoms with van der Waals surface area (Å²) in [7, 11) is 1.91. The second-order valence-corrected chi connectivity index (χ2v) is 4.23. The first kappa shape index (κ1) is 9.15. The van der Waals surface area contributed by atoms with Crippen molar-refractivity contribution in [3.63, 3.8) is 0 Å². The summed E-state index contributed by atoms with van der Waals surface area (Å²) in [5, 5.41) is 4.34. The van der Waals surface area contributed by atoms with Crippen LogP contribution < -0.4 is 0 Å². The molecule has 4 heteroatoms. The lowest BCUT2D eigenvalue weighted by molar-refractivity contribution is 0.112. The van der Waals surface area contributed by atoms with E-state index in [4.69, 9.17) is 0 Å². The molecule has 0 unspecified atom stereocenters. The molecular weight excluding hydrogens is 196 g/mol. The van der Waals surface area contributed by atoms with Crippen molar-refractivity contribution < 1.29 is 4.79 Å². The molecule has 2 heterocycles. The first-order valence-electron chi connectivity index (χ1n) is 4.27. The molecule has 14 heavy (non-hydrogen) atoms. The highest BCUT2D eigenvalue weighted by atomic mass is 32.1. The third kappa shape index (κ3) is 1.48. The van der Waals surface area contributed by atoms with Crippen LogP contribution in [-0.4, -0.2) is 16.1 Å². The molecule has 0 saturated carbocycles. The molecule has 0 radical (unpaired) electrons. The summed E-state index contributed by atoms with van der Waals surface area (Å²) >= 11 is 1.46. The van der Waals surface area contributed by atoms with E-state index in [0.717, 1.165) is 27.4 Å². The lowest BCUT2D eigenvalue weighted by atomic mass is 10.3. The number of hydrogen-bond acceptors (Lipinski definition) is 3. The Kier molecular flexibility index (Phi) is 2.21. The maximum absolute atomic E-state index is 10.5. The molecule has 2 aromatic rings. The van der Waals surface area contributed by atoms with Crippen LogP contribution in [0.15, 0.2) is 18.2 Å². The van der Waals surface area contributed by atoms with E-state index in [2.05, 4.69) is 5.10 Å². The Morgan fingerprint density at radius 1 is 1.50 bits per heavy atom. The summed E-state index contributed by atoms with van der Waals surface area (Å²) < 4.78 is 1.83. The molecule has 0 atom stereocenters. The summed E-state index contributed by atoms with van der Waals surface area (Å²) in [6.45, 7) is 2.00. The summed E-state index contributed by atoms with van der Waals surface area (Å²) in [6.07, 6.45) is 0.865. The molecule has 0 aliphatic heterocycles. The van der Waals surface area contributed by atoms with E-state index in [1.165, 1.54) is 11.3 Å². The zero-order chi connectivity index (χ0) is 10.1. The largest absolute Gasteiger partial charge is 0.297 e. The summed E-state index contributed by atoms with van der Waals surface area (Å²) in [5.41, 5.74) is 2.05. The number of thiophene rings is 1. The molecule has 0 fully saturated rings. The maximum atomic E-state index is 10.5. The minimum atomic E-state index is 0.739. The van der Waals surface area contributed by atoms with Crippen LogP contribution >= 0.6 is 11.3 Å². The molecular formula is C10H10N2OS. The molecule has 0 bridgehead atoms. The van der Waals surface area contributed by atoms with E-state index in [-0.39, 0.29) is 0 Å². The van der Waals surface area contributed by atoms with Crippen molar-refractivity contribution in [3.05, 3.63) is 28.8 Å². The third-order valence-electron chi connectivity index (χ3n) is 2.11. The Balaban J connectivity index is 2.43. The number of aldehydes is 1. The topological polar surface area (TPSA) is 34.9 Å². The van der Waals surface area contributed by atoms with Gasteiger partial charge in [-0.2, -0.15) is 5.10 Å². The molecule has 2 rings (SSSR count). The average molecular weight is 206 g/mol. The highest BCUT2D eigenvalue weighted by molar-refractivity contribution is 7.17. The number of hydrogen-bond donors (Lipinski definition) is 0. The number of rotatable bonds is 2. The second kappa shape index (κ2) is 3.38. The predicted octanol–water partition coefficient (Wildman–Crippen LogP) is 2.27. The van der Waals surface area contributed by atoms with Gasteiger partial charge in [0, 0.05) is 12.7 Å². The molecule has 0 aromatic carbocycles. The van der Waals surface area contributed by atoms with E-state index in [1.54, 1.807) is 0 Å². The molecule has 0 aliphatic rings. The van der Waals surface area contributed by atoms with E-state index in [1.807, 2.05) is 36.9 Å². The van der Waals surface area contributed by atoms with Gasteiger partial charge in [-0.25, -0.2) is 0 Å². The summed E-state index contributed by atoms with van der Waals surface area (Å²) in [5.74, 6) is 0. The standard InChI is InChI=1S/C10H10N2OS/c1-7-5-9(11-12(7)2)10-4-3-8(6-13)14-10/h3-6H,1-2H3. The van der Waals surface area contributed by atoms with Gasteiger partial charge in [0.1, 0.15) is 5.69 Å². The SMILES string of the molecule is Cc1cc(-c2ccc(C=O)s2)nn1C. The Labute approximate surface area is 86.0 Å². The van der Waals surface area contributed by atoms with Gasteiger partial charge in [0.2, 0.25) is 0 Å². The quantitative estimate of drug-likeness (QED) is 0.706. The zero-order valence-corrected chi connectivity index (χ0v) is 8.84. The highest BCUT2D eigenvalue weighted by Gasteiger charge is 2.06. The Hall–Kier alpha value is -1.42. The monoisotopic (exact) mass is 206 g/mol. The maximum Gasteiger partial charge on any atom is 0.160 e. The van der Waals surface area contributed by atoms with Gasteiger partial charge in [-0.3, -0.25) is 9.48 Å². The van der Waals surface area contributed by atoms with Crippen molar-refractivity contribution in [1.82, 2.24) is 9.78 Å². The van der Waals surface area contributed by atoms with Crippen molar-refractivity contribution in [2.24, 2.45) is 7.05 Å². The van der Waals surface area contributed by atoms with Crippen LogP contribution in [0.1, 0.15) is 15.4 Å². The van der Waals surface area contributed by atoms with Gasteiger partial charge in [0.05, 0.1) is 9.75 Å². The molecule has 0 amide bonds. The molecule has 72 valence electrons. The smallest absolute Gasteiger partial charge is 0.160 e. The first-order chi connectivity index (χ1) is 6.70. The van der Waals surface area contributed by atoms with Crippen LogP contribution in [0, 0.1) is 6.92 Å². The summed E-state index contributed by atoms with van der Waals surface area (Å²) in [6, 6.07) is 5.76. The normalized spacial score (nSPS) is 10.4. The Morgan fingerprint density at radius 2 is 2.29 bits per heavy atom. The molecule has 0 spiro atoms. The minimum absolute atomic E-state index is 0.739. The number of aromatic nitrogens is 2. The molecule has 2 aromatic heterocycles. The lowest BCUT2D eigenvalue weighted by Gasteiger charge is -1.89. The van der Waals surface area contributed by atoms with Crippen molar-refractivity contribution in [3.8, 4) is 10.6 Å². The van der Waals surface area contributed by atoms with Gasteiger partial charge < -0.3 is 0 Å². The number of aryl methyl sites for hydroxylation is 2. The van der Waals surface area contributed by atoms with E-state index in [9.17, 15) is 4.79 Å². The van der Waals surface area contributed by atoms with Gasteiger partial charge in [-0.15, -0.1) is 11.3 Å². The Morgan fingerprint density at radius 3 is 2.79 bits per heavy atom. The second-order valence-electron chi connectivity index (χ2n) is 3.11. The van der Waals surface area contributed by atoms with Crippen molar-refractivity contribution in [1.29, 1.82) is 0 Å².